The van der Waals surface area contributed by atoms with Crippen LogP contribution in [0, 0.1) is 0 Å². The minimum absolute atomic E-state index is 0.0504. The Kier molecular flexibility index (Phi) is 6.69. The molecule has 28 heavy (non-hydrogen) atoms. The minimum Gasteiger partial charge on any atom is -0.372 e. The van der Waals surface area contributed by atoms with E-state index >= 15 is 0 Å². The van der Waals surface area contributed by atoms with E-state index in [-0.39, 0.29) is 11.8 Å². The Morgan fingerprint density at radius 1 is 0.929 bits per heavy atom. The summed E-state index contributed by atoms with van der Waals surface area (Å²) in [7, 11) is 0. The van der Waals surface area contributed by atoms with Crippen molar-refractivity contribution >= 4 is 23.2 Å². The smallest absolute Gasteiger partial charge is 0.255 e. The highest BCUT2D eigenvalue weighted by atomic mass is 16.2. The number of hydrogen-bond acceptors (Lipinski definition) is 3. The lowest BCUT2D eigenvalue weighted by Gasteiger charge is -2.28. The second kappa shape index (κ2) is 9.40. The lowest BCUT2D eigenvalue weighted by atomic mass is 10.1. The molecule has 0 unspecified atom stereocenters. The molecule has 5 heteroatoms. The number of hydrogen-bond donors (Lipinski definition) is 1. The molecule has 0 bridgehead atoms. The third-order valence-corrected chi connectivity index (χ3v) is 5.27. The number of piperidine rings is 1. The first kappa shape index (κ1) is 19.9. The first-order chi connectivity index (χ1) is 13.6. The highest BCUT2D eigenvalue weighted by Crippen LogP contribution is 2.22. The number of carbonyl (C=O) groups excluding carboxylic acids is 2. The highest BCUT2D eigenvalue weighted by molar-refractivity contribution is 6.06. The monoisotopic (exact) mass is 379 g/mol. The topological polar surface area (TPSA) is 52.7 Å². The van der Waals surface area contributed by atoms with Crippen LogP contribution in [0.25, 0.3) is 0 Å². The van der Waals surface area contributed by atoms with E-state index in [0.29, 0.717) is 24.2 Å². The number of amides is 2. The van der Waals surface area contributed by atoms with Crippen LogP contribution in [-0.2, 0) is 0 Å². The Hall–Kier alpha value is -2.82. The van der Waals surface area contributed by atoms with Crippen molar-refractivity contribution in [2.45, 2.75) is 33.1 Å². The summed E-state index contributed by atoms with van der Waals surface area (Å²) in [5, 5.41) is 2.93. The quantitative estimate of drug-likeness (QED) is 0.809. The third kappa shape index (κ3) is 4.71. The van der Waals surface area contributed by atoms with Crippen LogP contribution < -0.4 is 10.2 Å². The largest absolute Gasteiger partial charge is 0.372 e. The molecular weight excluding hydrogens is 350 g/mol. The Balaban J connectivity index is 1.67. The molecule has 2 aromatic rings. The Morgan fingerprint density at radius 2 is 1.57 bits per heavy atom. The summed E-state index contributed by atoms with van der Waals surface area (Å²) in [5.41, 5.74) is 2.98. The standard InChI is InChI=1S/C23H29N3O2/c1-3-25(4-2)23(28)19-10-8-9-18(17-19)22(27)24-20-11-13-21(14-12-20)26-15-6-5-7-16-26/h8-14,17H,3-7,15-16H2,1-2H3,(H,24,27). The molecule has 2 aromatic carbocycles. The number of anilines is 2. The van der Waals surface area contributed by atoms with Crippen LogP contribution in [0.2, 0.25) is 0 Å². The molecule has 0 spiro atoms. The number of benzene rings is 2. The summed E-state index contributed by atoms with van der Waals surface area (Å²) >= 11 is 0. The van der Waals surface area contributed by atoms with Gasteiger partial charge in [-0.2, -0.15) is 0 Å². The van der Waals surface area contributed by atoms with E-state index in [0.717, 1.165) is 18.8 Å². The second-order valence-corrected chi connectivity index (χ2v) is 7.11. The maximum absolute atomic E-state index is 12.6. The van der Waals surface area contributed by atoms with Crippen molar-refractivity contribution in [3.63, 3.8) is 0 Å². The molecule has 0 aromatic heterocycles. The zero-order valence-electron chi connectivity index (χ0n) is 16.8. The van der Waals surface area contributed by atoms with Gasteiger partial charge < -0.3 is 15.1 Å². The van der Waals surface area contributed by atoms with Crippen molar-refractivity contribution in [3.05, 3.63) is 59.7 Å². The summed E-state index contributed by atoms with van der Waals surface area (Å²) in [5.74, 6) is -0.259. The summed E-state index contributed by atoms with van der Waals surface area (Å²) < 4.78 is 0. The molecule has 1 aliphatic heterocycles. The molecule has 1 saturated heterocycles. The van der Waals surface area contributed by atoms with E-state index in [1.807, 2.05) is 26.0 Å². The molecule has 0 radical (unpaired) electrons. The summed E-state index contributed by atoms with van der Waals surface area (Å²) in [6.07, 6.45) is 3.78. The molecule has 1 heterocycles. The predicted octanol–water partition coefficient (Wildman–Crippen LogP) is 4.41. The van der Waals surface area contributed by atoms with Gasteiger partial charge in [0.2, 0.25) is 0 Å². The van der Waals surface area contributed by atoms with Crippen LogP contribution in [0.3, 0.4) is 0 Å². The zero-order chi connectivity index (χ0) is 19.9. The first-order valence-electron chi connectivity index (χ1n) is 10.2. The van der Waals surface area contributed by atoms with Crippen LogP contribution in [0.4, 0.5) is 11.4 Å². The average Bonchev–Trinajstić information content (AvgIpc) is 2.75. The molecule has 148 valence electrons. The second-order valence-electron chi connectivity index (χ2n) is 7.11. The van der Waals surface area contributed by atoms with Crippen molar-refractivity contribution in [1.82, 2.24) is 4.90 Å². The fourth-order valence-corrected chi connectivity index (χ4v) is 3.60. The van der Waals surface area contributed by atoms with E-state index < -0.39 is 0 Å². The molecule has 1 N–H and O–H groups in total. The first-order valence-corrected chi connectivity index (χ1v) is 10.2. The molecule has 0 saturated carbocycles. The van der Waals surface area contributed by atoms with Crippen molar-refractivity contribution < 1.29 is 9.59 Å². The van der Waals surface area contributed by atoms with Gasteiger partial charge in [-0.3, -0.25) is 9.59 Å². The molecule has 1 aliphatic rings. The van der Waals surface area contributed by atoms with Gasteiger partial charge in [-0.1, -0.05) is 6.07 Å². The molecule has 3 rings (SSSR count). The van der Waals surface area contributed by atoms with Crippen molar-refractivity contribution in [1.29, 1.82) is 0 Å². The fourth-order valence-electron chi connectivity index (χ4n) is 3.60. The van der Waals surface area contributed by atoms with E-state index in [1.54, 1.807) is 29.2 Å². The molecule has 5 nitrogen and oxygen atoms in total. The maximum Gasteiger partial charge on any atom is 0.255 e. The summed E-state index contributed by atoms with van der Waals surface area (Å²) in [4.78, 5) is 29.3. The zero-order valence-corrected chi connectivity index (χ0v) is 16.8. The molecule has 2 amide bonds. The number of rotatable bonds is 6. The Bertz CT molecular complexity index is 807. The minimum atomic E-state index is -0.208. The maximum atomic E-state index is 12.6. The summed E-state index contributed by atoms with van der Waals surface area (Å²) in [6.45, 7) is 7.39. The lowest BCUT2D eigenvalue weighted by molar-refractivity contribution is 0.0773. The number of carbonyl (C=O) groups is 2. The van der Waals surface area contributed by atoms with Gasteiger partial charge in [-0.05, 0) is 75.6 Å². The van der Waals surface area contributed by atoms with Crippen LogP contribution in [0.15, 0.2) is 48.5 Å². The van der Waals surface area contributed by atoms with Gasteiger partial charge >= 0.3 is 0 Å². The molecular formula is C23H29N3O2. The van der Waals surface area contributed by atoms with E-state index in [4.69, 9.17) is 0 Å². The van der Waals surface area contributed by atoms with Gasteiger partial charge in [0.25, 0.3) is 11.8 Å². The van der Waals surface area contributed by atoms with Crippen LogP contribution in [0.1, 0.15) is 53.8 Å². The number of nitrogens with zero attached hydrogens (tertiary/aromatic N) is 2. The van der Waals surface area contributed by atoms with Gasteiger partial charge in [0.1, 0.15) is 0 Å². The predicted molar refractivity (Wildman–Crippen MR) is 114 cm³/mol. The third-order valence-electron chi connectivity index (χ3n) is 5.27. The summed E-state index contributed by atoms with van der Waals surface area (Å²) in [6, 6.07) is 14.9. The SMILES string of the molecule is CCN(CC)C(=O)c1cccc(C(=O)Nc2ccc(N3CCCCC3)cc2)c1. The van der Waals surface area contributed by atoms with Crippen molar-refractivity contribution in [3.8, 4) is 0 Å². The van der Waals surface area contributed by atoms with Crippen LogP contribution in [0.5, 0.6) is 0 Å². The molecule has 0 atom stereocenters. The van der Waals surface area contributed by atoms with E-state index in [1.165, 1.54) is 24.9 Å². The van der Waals surface area contributed by atoms with Crippen LogP contribution in [-0.4, -0.2) is 42.9 Å². The lowest BCUT2D eigenvalue weighted by Crippen LogP contribution is -2.30. The number of nitrogens with one attached hydrogen (secondary N) is 1. The van der Waals surface area contributed by atoms with E-state index in [2.05, 4.69) is 22.3 Å². The van der Waals surface area contributed by atoms with Gasteiger partial charge in [0.15, 0.2) is 0 Å². The van der Waals surface area contributed by atoms with Crippen LogP contribution >= 0.6 is 0 Å². The van der Waals surface area contributed by atoms with Gasteiger partial charge in [-0.15, -0.1) is 0 Å². The van der Waals surface area contributed by atoms with Crippen molar-refractivity contribution in [2.75, 3.05) is 36.4 Å². The fraction of sp³-hybridized carbons (Fsp3) is 0.391. The van der Waals surface area contributed by atoms with E-state index in [9.17, 15) is 9.59 Å². The normalized spacial score (nSPS) is 13.9. The van der Waals surface area contributed by atoms with Gasteiger partial charge in [-0.25, -0.2) is 0 Å². The average molecular weight is 380 g/mol. The molecule has 0 aliphatic carbocycles. The Labute approximate surface area is 167 Å². The van der Waals surface area contributed by atoms with Gasteiger partial charge in [0, 0.05) is 48.7 Å². The van der Waals surface area contributed by atoms with Crippen molar-refractivity contribution in [2.24, 2.45) is 0 Å². The highest BCUT2D eigenvalue weighted by Gasteiger charge is 2.15. The molecule has 1 fully saturated rings. The van der Waals surface area contributed by atoms with Gasteiger partial charge in [0.05, 0.1) is 0 Å². The Morgan fingerprint density at radius 3 is 2.21 bits per heavy atom.